The first-order valence-electron chi connectivity index (χ1n) is 6.71. The predicted octanol–water partition coefficient (Wildman–Crippen LogP) is 3.06. The third-order valence-corrected chi connectivity index (χ3v) is 4.36. The zero-order chi connectivity index (χ0) is 15.3. The van der Waals surface area contributed by atoms with Crippen LogP contribution in [0.1, 0.15) is 34.1 Å². The van der Waals surface area contributed by atoms with Gasteiger partial charge in [0.15, 0.2) is 0 Å². The van der Waals surface area contributed by atoms with Crippen LogP contribution in [0.15, 0.2) is 23.1 Å². The van der Waals surface area contributed by atoms with Gasteiger partial charge in [0.1, 0.15) is 5.75 Å². The fourth-order valence-electron chi connectivity index (χ4n) is 1.55. The minimum Gasteiger partial charge on any atom is -0.496 e. The molecule has 0 bridgehead atoms. The summed E-state index contributed by atoms with van der Waals surface area (Å²) in [6, 6.07) is 5.46. The molecular weight excluding hydrogens is 272 g/mol. The summed E-state index contributed by atoms with van der Waals surface area (Å²) in [7, 11) is 1.60. The van der Waals surface area contributed by atoms with Crippen molar-refractivity contribution in [3.8, 4) is 5.75 Å². The first-order chi connectivity index (χ1) is 9.29. The van der Waals surface area contributed by atoms with Crippen LogP contribution in [0.4, 0.5) is 5.69 Å². The van der Waals surface area contributed by atoms with Crippen molar-refractivity contribution in [2.24, 2.45) is 0 Å². The molecule has 112 valence electrons. The van der Waals surface area contributed by atoms with Gasteiger partial charge in [-0.2, -0.15) is 0 Å². The Kier molecular flexibility index (Phi) is 5.74. The van der Waals surface area contributed by atoms with E-state index in [1.165, 1.54) is 11.8 Å². The molecule has 0 spiro atoms. The van der Waals surface area contributed by atoms with Crippen molar-refractivity contribution in [2.75, 3.05) is 12.8 Å². The molecule has 1 amide bonds. The molecule has 1 aromatic rings. The van der Waals surface area contributed by atoms with Gasteiger partial charge in [-0.25, -0.2) is 0 Å². The molecule has 1 rings (SSSR count). The van der Waals surface area contributed by atoms with Gasteiger partial charge in [-0.1, -0.05) is 6.92 Å². The Bertz CT molecular complexity index is 475. The first kappa shape index (κ1) is 16.7. The van der Waals surface area contributed by atoms with Crippen LogP contribution in [-0.2, 0) is 4.79 Å². The summed E-state index contributed by atoms with van der Waals surface area (Å²) < 4.78 is 5.30. The third-order valence-electron chi connectivity index (χ3n) is 3.21. The normalized spacial score (nSPS) is 12.8. The molecule has 4 nitrogen and oxygen atoms in total. The third kappa shape index (κ3) is 4.63. The molecule has 0 fully saturated rings. The second-order valence-electron chi connectivity index (χ2n) is 5.40. The Morgan fingerprint density at radius 3 is 2.70 bits per heavy atom. The van der Waals surface area contributed by atoms with Gasteiger partial charge >= 0.3 is 0 Å². The van der Waals surface area contributed by atoms with Crippen molar-refractivity contribution in [2.45, 2.75) is 49.8 Å². The number of hydrogen-bond donors (Lipinski definition) is 2. The van der Waals surface area contributed by atoms with E-state index >= 15 is 0 Å². The van der Waals surface area contributed by atoms with Gasteiger partial charge in [0.25, 0.3) is 0 Å². The quantitative estimate of drug-likeness (QED) is 0.625. The van der Waals surface area contributed by atoms with Crippen molar-refractivity contribution in [1.29, 1.82) is 0 Å². The van der Waals surface area contributed by atoms with Gasteiger partial charge in [-0.05, 0) is 39.3 Å². The minimum absolute atomic E-state index is 0.0285. The van der Waals surface area contributed by atoms with Gasteiger partial charge in [-0.15, -0.1) is 11.8 Å². The lowest BCUT2D eigenvalue weighted by Crippen LogP contribution is -2.46. The highest BCUT2D eigenvalue weighted by atomic mass is 32.2. The lowest BCUT2D eigenvalue weighted by molar-refractivity contribution is -0.121. The Morgan fingerprint density at radius 1 is 1.50 bits per heavy atom. The predicted molar refractivity (Wildman–Crippen MR) is 85.2 cm³/mol. The van der Waals surface area contributed by atoms with E-state index in [0.29, 0.717) is 11.4 Å². The van der Waals surface area contributed by atoms with Gasteiger partial charge in [0.2, 0.25) is 5.91 Å². The maximum Gasteiger partial charge on any atom is 0.233 e. The maximum absolute atomic E-state index is 12.2. The summed E-state index contributed by atoms with van der Waals surface area (Å²) in [6.45, 7) is 7.99. The molecule has 1 unspecified atom stereocenters. The van der Waals surface area contributed by atoms with E-state index in [9.17, 15) is 4.79 Å². The van der Waals surface area contributed by atoms with Crippen molar-refractivity contribution < 1.29 is 9.53 Å². The molecule has 0 heterocycles. The molecule has 0 radical (unpaired) electrons. The molecule has 1 atom stereocenters. The van der Waals surface area contributed by atoms with Crippen molar-refractivity contribution in [3.05, 3.63) is 18.2 Å². The number of nitrogen functional groups attached to an aromatic ring is 1. The maximum atomic E-state index is 12.2. The number of methoxy groups -OCH3 is 1. The molecular formula is C15H24N2O2S. The molecule has 0 aliphatic carbocycles. The summed E-state index contributed by atoms with van der Waals surface area (Å²) in [4.78, 5) is 13.1. The molecule has 3 N–H and O–H groups in total. The number of nitrogens with one attached hydrogen (secondary N) is 1. The first-order valence-corrected chi connectivity index (χ1v) is 7.59. The van der Waals surface area contributed by atoms with E-state index in [1.54, 1.807) is 13.2 Å². The lowest BCUT2D eigenvalue weighted by Gasteiger charge is -2.26. The lowest BCUT2D eigenvalue weighted by atomic mass is 10.0. The zero-order valence-electron chi connectivity index (χ0n) is 12.8. The van der Waals surface area contributed by atoms with Crippen LogP contribution >= 0.6 is 11.8 Å². The highest BCUT2D eigenvalue weighted by molar-refractivity contribution is 8.00. The van der Waals surface area contributed by atoms with Crippen LogP contribution in [0.2, 0.25) is 0 Å². The number of carbonyl (C=O) groups is 1. The average molecular weight is 296 g/mol. The smallest absolute Gasteiger partial charge is 0.233 e. The fraction of sp³-hybridized carbons (Fsp3) is 0.533. The topological polar surface area (TPSA) is 64.4 Å². The van der Waals surface area contributed by atoms with Crippen molar-refractivity contribution in [3.63, 3.8) is 0 Å². The largest absolute Gasteiger partial charge is 0.496 e. The fourth-order valence-corrected chi connectivity index (χ4v) is 2.50. The second kappa shape index (κ2) is 6.88. The van der Waals surface area contributed by atoms with Crippen LogP contribution < -0.4 is 15.8 Å². The van der Waals surface area contributed by atoms with Gasteiger partial charge in [0, 0.05) is 17.3 Å². The molecule has 0 aromatic heterocycles. The number of anilines is 1. The van der Waals surface area contributed by atoms with E-state index in [1.807, 2.05) is 32.9 Å². The number of benzene rings is 1. The summed E-state index contributed by atoms with van der Waals surface area (Å²) in [6.07, 6.45) is 0.890. The highest BCUT2D eigenvalue weighted by Crippen LogP contribution is 2.33. The van der Waals surface area contributed by atoms with Gasteiger partial charge in [0.05, 0.1) is 17.3 Å². The monoisotopic (exact) mass is 296 g/mol. The number of amides is 1. The van der Waals surface area contributed by atoms with E-state index in [4.69, 9.17) is 10.5 Å². The Balaban J connectivity index is 2.75. The SMILES string of the molecule is CCC(C)(C)NC(=O)C(C)Sc1ccc(N)cc1OC. The van der Waals surface area contributed by atoms with E-state index in [0.717, 1.165) is 11.3 Å². The zero-order valence-corrected chi connectivity index (χ0v) is 13.6. The average Bonchev–Trinajstić information content (AvgIpc) is 2.40. The van der Waals surface area contributed by atoms with Crippen LogP contribution in [-0.4, -0.2) is 23.8 Å². The molecule has 0 aliphatic heterocycles. The van der Waals surface area contributed by atoms with Crippen molar-refractivity contribution >= 4 is 23.4 Å². The number of thioether (sulfide) groups is 1. The van der Waals surface area contributed by atoms with Crippen LogP contribution in [0, 0.1) is 0 Å². The molecule has 0 saturated carbocycles. The van der Waals surface area contributed by atoms with E-state index in [-0.39, 0.29) is 16.7 Å². The van der Waals surface area contributed by atoms with Crippen LogP contribution in [0.25, 0.3) is 0 Å². The molecule has 0 aliphatic rings. The Hall–Kier alpha value is -1.36. The Morgan fingerprint density at radius 2 is 2.15 bits per heavy atom. The number of ether oxygens (including phenoxy) is 1. The summed E-state index contributed by atoms with van der Waals surface area (Å²) in [5, 5.41) is 2.85. The van der Waals surface area contributed by atoms with Crippen LogP contribution in [0.3, 0.4) is 0 Å². The number of hydrogen-bond acceptors (Lipinski definition) is 4. The standard InChI is InChI=1S/C15H24N2O2S/c1-6-15(3,4)17-14(18)10(2)20-13-8-7-11(16)9-12(13)19-5/h7-10H,6,16H2,1-5H3,(H,17,18). The number of rotatable bonds is 6. The van der Waals surface area contributed by atoms with E-state index < -0.39 is 0 Å². The van der Waals surface area contributed by atoms with Gasteiger partial charge < -0.3 is 15.8 Å². The van der Waals surface area contributed by atoms with Gasteiger partial charge in [-0.3, -0.25) is 4.79 Å². The second-order valence-corrected chi connectivity index (χ2v) is 6.78. The summed E-state index contributed by atoms with van der Waals surface area (Å²) in [5.41, 5.74) is 6.19. The summed E-state index contributed by atoms with van der Waals surface area (Å²) >= 11 is 1.47. The van der Waals surface area contributed by atoms with E-state index in [2.05, 4.69) is 12.2 Å². The number of carbonyl (C=O) groups excluding carboxylic acids is 1. The molecule has 20 heavy (non-hydrogen) atoms. The molecule has 5 heteroatoms. The van der Waals surface area contributed by atoms with Crippen LogP contribution in [0.5, 0.6) is 5.75 Å². The molecule has 0 saturated heterocycles. The minimum atomic E-state index is -0.196. The summed E-state index contributed by atoms with van der Waals surface area (Å²) in [5.74, 6) is 0.727. The van der Waals surface area contributed by atoms with Crippen molar-refractivity contribution in [1.82, 2.24) is 5.32 Å². The number of nitrogens with two attached hydrogens (primary N) is 1. The molecule has 1 aromatic carbocycles. The highest BCUT2D eigenvalue weighted by Gasteiger charge is 2.23. The Labute approximate surface area is 125 Å².